The SMILES string of the molecule is CCCCNC(=O)CCc1cc2cc(OC)ccc2[nH]c1=O. The van der Waals surface area contributed by atoms with Gasteiger partial charge in [-0.2, -0.15) is 0 Å². The van der Waals surface area contributed by atoms with Crippen LogP contribution in [0.1, 0.15) is 31.7 Å². The van der Waals surface area contributed by atoms with E-state index in [4.69, 9.17) is 4.74 Å². The van der Waals surface area contributed by atoms with Crippen LogP contribution in [0.4, 0.5) is 0 Å². The van der Waals surface area contributed by atoms with Crippen LogP contribution < -0.4 is 15.6 Å². The summed E-state index contributed by atoms with van der Waals surface area (Å²) in [7, 11) is 1.61. The Bertz CT molecular complexity index is 707. The molecule has 2 aromatic rings. The predicted octanol–water partition coefficient (Wildman–Crippen LogP) is 2.39. The van der Waals surface area contributed by atoms with E-state index in [-0.39, 0.29) is 11.5 Å². The number of hydrogen-bond donors (Lipinski definition) is 2. The average Bonchev–Trinajstić information content (AvgIpc) is 2.52. The first-order valence-corrected chi connectivity index (χ1v) is 7.60. The van der Waals surface area contributed by atoms with Gasteiger partial charge >= 0.3 is 0 Å². The van der Waals surface area contributed by atoms with Gasteiger partial charge < -0.3 is 15.0 Å². The molecular formula is C17H22N2O3. The number of ether oxygens (including phenoxy) is 1. The summed E-state index contributed by atoms with van der Waals surface area (Å²) < 4.78 is 5.19. The average molecular weight is 302 g/mol. The van der Waals surface area contributed by atoms with Gasteiger partial charge in [-0.15, -0.1) is 0 Å². The number of amides is 1. The number of fused-ring (bicyclic) bond motifs is 1. The van der Waals surface area contributed by atoms with E-state index >= 15 is 0 Å². The summed E-state index contributed by atoms with van der Waals surface area (Å²) in [5.41, 5.74) is 1.24. The standard InChI is InChI=1S/C17H22N2O3/c1-3-4-9-18-16(20)8-5-12-10-13-11-14(22-2)6-7-15(13)19-17(12)21/h6-7,10-11H,3-5,8-9H2,1-2H3,(H,18,20)(H,19,21). The van der Waals surface area contributed by atoms with Crippen molar-refractivity contribution >= 4 is 16.8 Å². The van der Waals surface area contributed by atoms with Crippen molar-refractivity contribution in [3.8, 4) is 5.75 Å². The highest BCUT2D eigenvalue weighted by Crippen LogP contribution is 2.19. The largest absolute Gasteiger partial charge is 0.497 e. The Kier molecular flexibility index (Phi) is 5.58. The molecule has 1 aromatic heterocycles. The number of H-pyrrole nitrogens is 1. The van der Waals surface area contributed by atoms with E-state index in [1.807, 2.05) is 18.2 Å². The number of hydrogen-bond acceptors (Lipinski definition) is 3. The first-order chi connectivity index (χ1) is 10.6. The molecule has 1 amide bonds. The van der Waals surface area contributed by atoms with Crippen molar-refractivity contribution in [3.63, 3.8) is 0 Å². The fourth-order valence-electron chi connectivity index (χ4n) is 2.28. The smallest absolute Gasteiger partial charge is 0.251 e. The number of aromatic nitrogens is 1. The van der Waals surface area contributed by atoms with E-state index in [9.17, 15) is 9.59 Å². The number of methoxy groups -OCH3 is 1. The van der Waals surface area contributed by atoms with Gasteiger partial charge in [0.2, 0.25) is 5.91 Å². The van der Waals surface area contributed by atoms with Crippen molar-refractivity contribution < 1.29 is 9.53 Å². The zero-order valence-electron chi connectivity index (χ0n) is 13.1. The van der Waals surface area contributed by atoms with E-state index in [1.54, 1.807) is 13.2 Å². The first kappa shape index (κ1) is 16.1. The van der Waals surface area contributed by atoms with Crippen molar-refractivity contribution in [3.05, 3.63) is 40.2 Å². The van der Waals surface area contributed by atoms with Crippen molar-refractivity contribution in [2.24, 2.45) is 0 Å². The van der Waals surface area contributed by atoms with Crippen LogP contribution in [0.25, 0.3) is 10.9 Å². The molecule has 1 heterocycles. The normalized spacial score (nSPS) is 10.6. The summed E-state index contributed by atoms with van der Waals surface area (Å²) in [4.78, 5) is 26.6. The lowest BCUT2D eigenvalue weighted by molar-refractivity contribution is -0.121. The molecule has 0 bridgehead atoms. The third-order valence-corrected chi connectivity index (χ3v) is 3.60. The lowest BCUT2D eigenvalue weighted by Gasteiger charge is -2.06. The molecule has 5 heteroatoms. The molecule has 0 aliphatic carbocycles. The molecule has 0 radical (unpaired) electrons. The van der Waals surface area contributed by atoms with E-state index in [1.165, 1.54) is 0 Å². The topological polar surface area (TPSA) is 71.2 Å². The molecule has 5 nitrogen and oxygen atoms in total. The zero-order chi connectivity index (χ0) is 15.9. The molecule has 0 atom stereocenters. The summed E-state index contributed by atoms with van der Waals surface area (Å²) in [6.45, 7) is 2.77. The molecule has 0 aliphatic rings. The van der Waals surface area contributed by atoms with Crippen LogP contribution in [0, 0.1) is 0 Å². The Hall–Kier alpha value is -2.30. The van der Waals surface area contributed by atoms with Gasteiger partial charge in [-0.1, -0.05) is 13.3 Å². The maximum atomic E-state index is 12.0. The van der Waals surface area contributed by atoms with Crippen LogP contribution in [-0.4, -0.2) is 24.5 Å². The van der Waals surface area contributed by atoms with Crippen molar-refractivity contribution in [2.75, 3.05) is 13.7 Å². The molecule has 0 aliphatic heterocycles. The maximum absolute atomic E-state index is 12.0. The van der Waals surface area contributed by atoms with Crippen LogP contribution >= 0.6 is 0 Å². The summed E-state index contributed by atoms with van der Waals surface area (Å²) in [5.74, 6) is 0.724. The Labute approximate surface area is 129 Å². The summed E-state index contributed by atoms with van der Waals surface area (Å²) in [5, 5.41) is 3.76. The van der Waals surface area contributed by atoms with Crippen molar-refractivity contribution in [2.45, 2.75) is 32.6 Å². The third kappa shape index (κ3) is 4.10. The number of carbonyl (C=O) groups excluding carboxylic acids is 1. The second-order valence-electron chi connectivity index (χ2n) is 5.28. The minimum atomic E-state index is -0.140. The molecule has 0 spiro atoms. The molecule has 0 unspecified atom stereocenters. The number of benzene rings is 1. The molecule has 118 valence electrons. The molecule has 0 saturated heterocycles. The molecule has 2 N–H and O–H groups in total. The van der Waals surface area contributed by atoms with Gasteiger partial charge in [-0.25, -0.2) is 0 Å². The van der Waals surface area contributed by atoms with E-state index in [0.717, 1.165) is 29.5 Å². The second-order valence-corrected chi connectivity index (χ2v) is 5.28. The summed E-state index contributed by atoms with van der Waals surface area (Å²) in [6, 6.07) is 7.32. The highest BCUT2D eigenvalue weighted by atomic mass is 16.5. The third-order valence-electron chi connectivity index (χ3n) is 3.60. The monoisotopic (exact) mass is 302 g/mol. The lowest BCUT2D eigenvalue weighted by Crippen LogP contribution is -2.25. The van der Waals surface area contributed by atoms with Gasteiger partial charge in [0.25, 0.3) is 5.56 Å². The summed E-state index contributed by atoms with van der Waals surface area (Å²) in [6.07, 6.45) is 2.78. The van der Waals surface area contributed by atoms with E-state index < -0.39 is 0 Å². The number of aryl methyl sites for hydroxylation is 1. The number of nitrogens with one attached hydrogen (secondary N) is 2. The highest BCUT2D eigenvalue weighted by molar-refractivity contribution is 5.81. The predicted molar refractivity (Wildman–Crippen MR) is 87.4 cm³/mol. The number of unbranched alkanes of at least 4 members (excludes halogenated alkanes) is 1. The van der Waals surface area contributed by atoms with E-state index in [2.05, 4.69) is 17.2 Å². The van der Waals surface area contributed by atoms with Crippen LogP contribution in [0.15, 0.2) is 29.1 Å². The number of rotatable bonds is 7. The van der Waals surface area contributed by atoms with Gasteiger partial charge in [0, 0.05) is 29.4 Å². The fourth-order valence-corrected chi connectivity index (χ4v) is 2.28. The maximum Gasteiger partial charge on any atom is 0.251 e. The minimum Gasteiger partial charge on any atom is -0.497 e. The Balaban J connectivity index is 2.08. The van der Waals surface area contributed by atoms with Gasteiger partial charge in [0.1, 0.15) is 5.75 Å². The number of carbonyl (C=O) groups is 1. The van der Waals surface area contributed by atoms with Gasteiger partial charge in [-0.05, 0) is 37.1 Å². The molecule has 1 aromatic carbocycles. The van der Waals surface area contributed by atoms with Crippen LogP contribution in [0.2, 0.25) is 0 Å². The van der Waals surface area contributed by atoms with Crippen LogP contribution in [0.3, 0.4) is 0 Å². The molecular weight excluding hydrogens is 280 g/mol. The Morgan fingerprint density at radius 3 is 2.86 bits per heavy atom. The lowest BCUT2D eigenvalue weighted by atomic mass is 10.1. The van der Waals surface area contributed by atoms with Crippen LogP contribution in [0.5, 0.6) is 5.75 Å². The zero-order valence-corrected chi connectivity index (χ0v) is 13.1. The minimum absolute atomic E-state index is 0.0152. The van der Waals surface area contributed by atoms with E-state index in [0.29, 0.717) is 24.9 Å². The number of aromatic amines is 1. The van der Waals surface area contributed by atoms with Crippen molar-refractivity contribution in [1.29, 1.82) is 0 Å². The number of pyridine rings is 1. The highest BCUT2D eigenvalue weighted by Gasteiger charge is 2.07. The molecule has 2 rings (SSSR count). The molecule has 0 fully saturated rings. The van der Waals surface area contributed by atoms with Gasteiger partial charge in [0.05, 0.1) is 7.11 Å². The Morgan fingerprint density at radius 2 is 2.14 bits per heavy atom. The van der Waals surface area contributed by atoms with Gasteiger partial charge in [-0.3, -0.25) is 9.59 Å². The van der Waals surface area contributed by atoms with Crippen LogP contribution in [-0.2, 0) is 11.2 Å². The molecule has 0 saturated carbocycles. The van der Waals surface area contributed by atoms with Crippen molar-refractivity contribution in [1.82, 2.24) is 10.3 Å². The second kappa shape index (κ2) is 7.64. The quantitative estimate of drug-likeness (QED) is 0.771. The molecule has 22 heavy (non-hydrogen) atoms. The Morgan fingerprint density at radius 1 is 1.32 bits per heavy atom. The summed E-state index contributed by atoms with van der Waals surface area (Å²) >= 11 is 0. The van der Waals surface area contributed by atoms with Gasteiger partial charge in [0.15, 0.2) is 0 Å². The first-order valence-electron chi connectivity index (χ1n) is 7.60. The fraction of sp³-hybridized carbons (Fsp3) is 0.412.